The molecule has 1 aromatic rings. The van der Waals surface area contributed by atoms with E-state index in [1.807, 2.05) is 0 Å². The van der Waals surface area contributed by atoms with Crippen LogP contribution in [-0.2, 0) is 6.18 Å². The van der Waals surface area contributed by atoms with E-state index in [0.717, 1.165) is 6.20 Å². The van der Waals surface area contributed by atoms with E-state index in [1.54, 1.807) is 20.8 Å². The highest BCUT2D eigenvalue weighted by molar-refractivity contribution is 6.32. The van der Waals surface area contributed by atoms with Crippen LogP contribution in [0.5, 0.6) is 5.75 Å². The molecular weight excluding hydrogens is 243 g/mol. The molecule has 0 saturated carbocycles. The Morgan fingerprint density at radius 2 is 1.81 bits per heavy atom. The van der Waals surface area contributed by atoms with Crippen LogP contribution >= 0.6 is 11.6 Å². The quantitative estimate of drug-likeness (QED) is 0.756. The maximum atomic E-state index is 12.5. The Bertz CT molecular complexity index is 385. The smallest absolute Gasteiger partial charge is 0.434 e. The van der Waals surface area contributed by atoms with Gasteiger partial charge in [0.05, 0.1) is 0 Å². The maximum absolute atomic E-state index is 12.5. The summed E-state index contributed by atoms with van der Waals surface area (Å²) in [6.07, 6.45) is -3.55. The topological polar surface area (TPSA) is 22.1 Å². The first-order valence-electron chi connectivity index (χ1n) is 4.52. The molecule has 90 valence electrons. The van der Waals surface area contributed by atoms with E-state index in [4.69, 9.17) is 16.3 Å². The van der Waals surface area contributed by atoms with Crippen molar-refractivity contribution in [2.75, 3.05) is 0 Å². The Morgan fingerprint density at radius 1 is 1.25 bits per heavy atom. The second-order valence-corrected chi connectivity index (χ2v) is 4.56. The standard InChI is InChI=1S/C10H11ClF3NO/c1-9(2,3)16-6-4-5-15-8(7(6)11)10(12,13)14/h4-5H,1-3H3. The number of hydrogen-bond donors (Lipinski definition) is 0. The summed E-state index contributed by atoms with van der Waals surface area (Å²) in [7, 11) is 0. The van der Waals surface area contributed by atoms with Crippen LogP contribution in [-0.4, -0.2) is 10.6 Å². The summed E-state index contributed by atoms with van der Waals surface area (Å²) in [5.41, 5.74) is -1.75. The van der Waals surface area contributed by atoms with Crippen molar-refractivity contribution in [3.63, 3.8) is 0 Å². The number of aromatic nitrogens is 1. The second kappa shape index (κ2) is 4.13. The van der Waals surface area contributed by atoms with Crippen molar-refractivity contribution in [3.05, 3.63) is 23.0 Å². The van der Waals surface area contributed by atoms with Gasteiger partial charge in [-0.15, -0.1) is 0 Å². The molecule has 0 radical (unpaired) electrons. The molecule has 0 spiro atoms. The zero-order chi connectivity index (χ0) is 12.6. The van der Waals surface area contributed by atoms with Gasteiger partial charge in [-0.1, -0.05) is 11.6 Å². The van der Waals surface area contributed by atoms with Gasteiger partial charge in [0.25, 0.3) is 0 Å². The first kappa shape index (κ1) is 13.1. The van der Waals surface area contributed by atoms with Crippen LogP contribution in [0, 0.1) is 0 Å². The van der Waals surface area contributed by atoms with Gasteiger partial charge in [0, 0.05) is 12.3 Å². The molecule has 0 aliphatic carbocycles. The molecule has 1 rings (SSSR count). The van der Waals surface area contributed by atoms with E-state index >= 15 is 0 Å². The van der Waals surface area contributed by atoms with E-state index in [1.165, 1.54) is 6.07 Å². The highest BCUT2D eigenvalue weighted by Crippen LogP contribution is 2.38. The predicted molar refractivity (Wildman–Crippen MR) is 54.6 cm³/mol. The van der Waals surface area contributed by atoms with Gasteiger partial charge >= 0.3 is 6.18 Å². The van der Waals surface area contributed by atoms with Gasteiger partial charge in [0.2, 0.25) is 0 Å². The van der Waals surface area contributed by atoms with Crippen molar-refractivity contribution in [1.29, 1.82) is 0 Å². The summed E-state index contributed by atoms with van der Waals surface area (Å²) in [4.78, 5) is 3.20. The van der Waals surface area contributed by atoms with Gasteiger partial charge in [-0.05, 0) is 20.8 Å². The van der Waals surface area contributed by atoms with Crippen molar-refractivity contribution in [1.82, 2.24) is 4.98 Å². The zero-order valence-electron chi connectivity index (χ0n) is 9.02. The van der Waals surface area contributed by atoms with Crippen LogP contribution in [0.1, 0.15) is 26.5 Å². The molecular formula is C10H11ClF3NO. The van der Waals surface area contributed by atoms with E-state index < -0.39 is 22.5 Å². The lowest BCUT2D eigenvalue weighted by molar-refractivity contribution is -0.141. The highest BCUT2D eigenvalue weighted by Gasteiger charge is 2.36. The maximum Gasteiger partial charge on any atom is 0.434 e. The molecule has 0 aromatic carbocycles. The van der Waals surface area contributed by atoms with Crippen LogP contribution in [0.4, 0.5) is 13.2 Å². The zero-order valence-corrected chi connectivity index (χ0v) is 9.78. The Balaban J connectivity index is 3.15. The molecule has 6 heteroatoms. The van der Waals surface area contributed by atoms with Gasteiger partial charge in [0.1, 0.15) is 16.4 Å². The SMILES string of the molecule is CC(C)(C)Oc1ccnc(C(F)(F)F)c1Cl. The minimum atomic E-state index is -4.58. The summed E-state index contributed by atoms with van der Waals surface area (Å²) in [6, 6.07) is 1.31. The third kappa shape index (κ3) is 3.27. The number of halogens is 4. The molecule has 0 N–H and O–H groups in total. The van der Waals surface area contributed by atoms with Crippen LogP contribution < -0.4 is 4.74 Å². The first-order valence-corrected chi connectivity index (χ1v) is 4.90. The number of pyridine rings is 1. The molecule has 16 heavy (non-hydrogen) atoms. The number of rotatable bonds is 1. The van der Waals surface area contributed by atoms with Crippen LogP contribution in [0.2, 0.25) is 5.02 Å². The van der Waals surface area contributed by atoms with Crippen LogP contribution in [0.3, 0.4) is 0 Å². The summed E-state index contributed by atoms with van der Waals surface area (Å²) in [5.74, 6) is -0.0171. The number of nitrogens with zero attached hydrogens (tertiary/aromatic N) is 1. The molecule has 0 unspecified atom stereocenters. The Labute approximate surface area is 96.4 Å². The Morgan fingerprint density at radius 3 is 2.25 bits per heavy atom. The number of hydrogen-bond acceptors (Lipinski definition) is 2. The van der Waals surface area contributed by atoms with Crippen LogP contribution in [0.15, 0.2) is 12.3 Å². The average Bonchev–Trinajstić information content (AvgIpc) is 2.04. The second-order valence-electron chi connectivity index (χ2n) is 4.18. The van der Waals surface area contributed by atoms with Crippen LogP contribution in [0.25, 0.3) is 0 Å². The number of alkyl halides is 3. The Hall–Kier alpha value is -0.970. The van der Waals surface area contributed by atoms with Gasteiger partial charge in [0.15, 0.2) is 5.69 Å². The number of ether oxygens (including phenoxy) is 1. The molecule has 0 atom stereocenters. The van der Waals surface area contributed by atoms with Crippen molar-refractivity contribution in [2.45, 2.75) is 32.5 Å². The summed E-state index contributed by atoms with van der Waals surface area (Å²) in [5, 5.41) is -0.509. The van der Waals surface area contributed by atoms with Gasteiger partial charge in [-0.3, -0.25) is 4.98 Å². The monoisotopic (exact) mass is 253 g/mol. The Kier molecular flexibility index (Phi) is 3.38. The molecule has 2 nitrogen and oxygen atoms in total. The van der Waals surface area contributed by atoms with Crippen molar-refractivity contribution in [3.8, 4) is 5.75 Å². The molecule has 0 aliphatic heterocycles. The fourth-order valence-electron chi connectivity index (χ4n) is 1.03. The van der Waals surface area contributed by atoms with E-state index in [9.17, 15) is 13.2 Å². The molecule has 0 aliphatic rings. The normalized spacial score (nSPS) is 12.7. The van der Waals surface area contributed by atoms with Crippen molar-refractivity contribution < 1.29 is 17.9 Å². The lowest BCUT2D eigenvalue weighted by Gasteiger charge is -2.22. The predicted octanol–water partition coefficient (Wildman–Crippen LogP) is 3.93. The van der Waals surface area contributed by atoms with E-state index in [0.29, 0.717) is 0 Å². The van der Waals surface area contributed by atoms with Gasteiger partial charge < -0.3 is 4.74 Å². The lowest BCUT2D eigenvalue weighted by Crippen LogP contribution is -2.23. The molecule has 1 heterocycles. The third-order valence-corrected chi connectivity index (χ3v) is 1.90. The summed E-state index contributed by atoms with van der Waals surface area (Å²) >= 11 is 5.59. The minimum Gasteiger partial charge on any atom is -0.486 e. The summed E-state index contributed by atoms with van der Waals surface area (Å²) < 4.78 is 42.7. The van der Waals surface area contributed by atoms with Crippen molar-refractivity contribution >= 4 is 11.6 Å². The highest BCUT2D eigenvalue weighted by atomic mass is 35.5. The molecule has 0 fully saturated rings. The summed E-state index contributed by atoms with van der Waals surface area (Å²) in [6.45, 7) is 5.16. The first-order chi connectivity index (χ1) is 7.11. The fraction of sp³-hybridized carbons (Fsp3) is 0.500. The van der Waals surface area contributed by atoms with Gasteiger partial charge in [-0.25, -0.2) is 0 Å². The fourth-order valence-corrected chi connectivity index (χ4v) is 1.29. The molecule has 0 amide bonds. The molecule has 0 saturated heterocycles. The average molecular weight is 254 g/mol. The largest absolute Gasteiger partial charge is 0.486 e. The van der Waals surface area contributed by atoms with Gasteiger partial charge in [-0.2, -0.15) is 13.2 Å². The van der Waals surface area contributed by atoms with E-state index in [-0.39, 0.29) is 5.75 Å². The van der Waals surface area contributed by atoms with E-state index in [2.05, 4.69) is 4.98 Å². The third-order valence-electron chi connectivity index (χ3n) is 1.54. The minimum absolute atomic E-state index is 0.0171. The molecule has 0 bridgehead atoms. The van der Waals surface area contributed by atoms with Crippen molar-refractivity contribution in [2.24, 2.45) is 0 Å². The molecule has 1 aromatic heterocycles. The lowest BCUT2D eigenvalue weighted by atomic mass is 10.2.